The summed E-state index contributed by atoms with van der Waals surface area (Å²) in [5, 5.41) is 11.4. The Morgan fingerprint density at radius 1 is 1.12 bits per heavy atom. The Morgan fingerprint density at radius 2 is 1.84 bits per heavy atom. The van der Waals surface area contributed by atoms with E-state index in [4.69, 9.17) is 14.6 Å². The molecule has 6 nitrogen and oxygen atoms in total. The summed E-state index contributed by atoms with van der Waals surface area (Å²) < 4.78 is 10.7. The van der Waals surface area contributed by atoms with Gasteiger partial charge in [0.25, 0.3) is 5.91 Å². The highest BCUT2D eigenvalue weighted by Gasteiger charge is 2.06. The van der Waals surface area contributed by atoms with Crippen LogP contribution in [0.15, 0.2) is 42.5 Å². The van der Waals surface area contributed by atoms with Crippen LogP contribution in [0.1, 0.15) is 17.5 Å². The number of aliphatic carboxylic acids is 1. The van der Waals surface area contributed by atoms with Crippen LogP contribution >= 0.6 is 0 Å². The fraction of sp³-hybridized carbons (Fsp3) is 0.263. The van der Waals surface area contributed by atoms with Gasteiger partial charge in [0.2, 0.25) is 0 Å². The van der Waals surface area contributed by atoms with Crippen molar-refractivity contribution in [1.29, 1.82) is 0 Å². The first-order valence-corrected chi connectivity index (χ1v) is 7.86. The molecule has 0 aliphatic carbocycles. The molecule has 0 radical (unpaired) electrons. The van der Waals surface area contributed by atoms with Crippen LogP contribution in [0.4, 0.5) is 5.69 Å². The molecule has 1 amide bonds. The number of hydrogen-bond acceptors (Lipinski definition) is 4. The summed E-state index contributed by atoms with van der Waals surface area (Å²) in [7, 11) is 1.60. The van der Waals surface area contributed by atoms with Crippen molar-refractivity contribution in [2.24, 2.45) is 0 Å². The highest BCUT2D eigenvalue weighted by Crippen LogP contribution is 2.22. The molecule has 0 unspecified atom stereocenters. The molecule has 2 N–H and O–H groups in total. The van der Waals surface area contributed by atoms with Crippen molar-refractivity contribution in [1.82, 2.24) is 0 Å². The fourth-order valence-corrected chi connectivity index (χ4v) is 2.29. The predicted octanol–water partition coefficient (Wildman–Crippen LogP) is 3.04. The second kappa shape index (κ2) is 8.73. The minimum Gasteiger partial charge on any atom is -0.496 e. The number of carbonyl (C=O) groups is 2. The van der Waals surface area contributed by atoms with Gasteiger partial charge in [0, 0.05) is 12.1 Å². The summed E-state index contributed by atoms with van der Waals surface area (Å²) in [5.74, 6) is 0.257. The van der Waals surface area contributed by atoms with Crippen molar-refractivity contribution in [3.8, 4) is 11.5 Å². The van der Waals surface area contributed by atoms with Gasteiger partial charge in [0.05, 0.1) is 7.11 Å². The lowest BCUT2D eigenvalue weighted by molar-refractivity contribution is -0.137. The van der Waals surface area contributed by atoms with Crippen LogP contribution in [-0.2, 0) is 16.0 Å². The van der Waals surface area contributed by atoms with Crippen LogP contribution in [0.2, 0.25) is 0 Å². The van der Waals surface area contributed by atoms with E-state index in [0.29, 0.717) is 17.9 Å². The van der Waals surface area contributed by atoms with E-state index in [0.717, 1.165) is 16.9 Å². The number of methoxy groups -OCH3 is 1. The Hall–Kier alpha value is -3.02. The number of benzene rings is 2. The van der Waals surface area contributed by atoms with E-state index in [-0.39, 0.29) is 18.9 Å². The van der Waals surface area contributed by atoms with Crippen LogP contribution in [-0.4, -0.2) is 30.7 Å². The number of carboxylic acid groups (broad SMARTS) is 1. The van der Waals surface area contributed by atoms with Gasteiger partial charge >= 0.3 is 5.97 Å². The number of anilines is 1. The maximum Gasteiger partial charge on any atom is 0.303 e. The number of carboxylic acids is 1. The third-order valence-corrected chi connectivity index (χ3v) is 3.60. The Bertz CT molecular complexity index is 740. The molecule has 0 spiro atoms. The minimum absolute atomic E-state index is 0.0842. The second-order valence-electron chi connectivity index (χ2n) is 5.56. The molecular formula is C19H21NO5. The first-order valence-electron chi connectivity index (χ1n) is 7.86. The average molecular weight is 343 g/mol. The van der Waals surface area contributed by atoms with Gasteiger partial charge in [0.1, 0.15) is 11.5 Å². The summed E-state index contributed by atoms with van der Waals surface area (Å²) in [4.78, 5) is 22.5. The van der Waals surface area contributed by atoms with E-state index in [1.165, 1.54) is 0 Å². The lowest BCUT2D eigenvalue weighted by atomic mass is 10.1. The topological polar surface area (TPSA) is 84.9 Å². The molecule has 0 aliphatic rings. The van der Waals surface area contributed by atoms with E-state index in [1.807, 2.05) is 13.0 Å². The van der Waals surface area contributed by atoms with Crippen LogP contribution in [0, 0.1) is 6.92 Å². The molecule has 25 heavy (non-hydrogen) atoms. The molecule has 0 atom stereocenters. The predicted molar refractivity (Wildman–Crippen MR) is 94.3 cm³/mol. The average Bonchev–Trinajstić information content (AvgIpc) is 2.59. The first-order chi connectivity index (χ1) is 12.0. The number of amides is 1. The Morgan fingerprint density at radius 3 is 2.44 bits per heavy atom. The normalized spacial score (nSPS) is 10.2. The molecule has 132 valence electrons. The van der Waals surface area contributed by atoms with Crippen molar-refractivity contribution >= 4 is 17.6 Å². The SMILES string of the molecule is COc1ccc(OCC(=O)Nc2ccc(CCC(=O)O)cc2)cc1C. The Kier molecular flexibility index (Phi) is 6.39. The third kappa shape index (κ3) is 5.84. The molecule has 0 saturated heterocycles. The molecule has 2 rings (SSSR count). The van der Waals surface area contributed by atoms with Gasteiger partial charge in [-0.15, -0.1) is 0 Å². The van der Waals surface area contributed by atoms with Crippen molar-refractivity contribution in [2.75, 3.05) is 19.0 Å². The summed E-state index contributed by atoms with van der Waals surface area (Å²) in [5.41, 5.74) is 2.47. The van der Waals surface area contributed by atoms with Crippen molar-refractivity contribution in [3.63, 3.8) is 0 Å². The van der Waals surface area contributed by atoms with Crippen LogP contribution in [0.5, 0.6) is 11.5 Å². The summed E-state index contributed by atoms with van der Waals surface area (Å²) in [6.07, 6.45) is 0.546. The molecule has 0 saturated carbocycles. The maximum absolute atomic E-state index is 12.0. The second-order valence-corrected chi connectivity index (χ2v) is 5.56. The Labute approximate surface area is 146 Å². The highest BCUT2D eigenvalue weighted by molar-refractivity contribution is 5.91. The molecular weight excluding hydrogens is 322 g/mol. The van der Waals surface area contributed by atoms with Gasteiger partial charge in [0.15, 0.2) is 6.61 Å². The molecule has 0 bridgehead atoms. The number of aryl methyl sites for hydroxylation is 2. The highest BCUT2D eigenvalue weighted by atomic mass is 16.5. The minimum atomic E-state index is -0.830. The van der Waals surface area contributed by atoms with E-state index < -0.39 is 5.97 Å². The Balaban J connectivity index is 1.83. The molecule has 2 aromatic carbocycles. The zero-order chi connectivity index (χ0) is 18.2. The number of rotatable bonds is 8. The lowest BCUT2D eigenvalue weighted by Gasteiger charge is -2.10. The van der Waals surface area contributed by atoms with Crippen molar-refractivity contribution in [2.45, 2.75) is 19.8 Å². The van der Waals surface area contributed by atoms with Crippen molar-refractivity contribution < 1.29 is 24.2 Å². The van der Waals surface area contributed by atoms with Gasteiger partial charge in [-0.3, -0.25) is 9.59 Å². The molecule has 0 aliphatic heterocycles. The van der Waals surface area contributed by atoms with Gasteiger partial charge in [-0.25, -0.2) is 0 Å². The quantitative estimate of drug-likeness (QED) is 0.769. The summed E-state index contributed by atoms with van der Waals surface area (Å²) in [6, 6.07) is 12.4. The lowest BCUT2D eigenvalue weighted by Crippen LogP contribution is -2.20. The van der Waals surface area contributed by atoms with Gasteiger partial charge < -0.3 is 19.9 Å². The summed E-state index contributed by atoms with van der Waals surface area (Å²) >= 11 is 0. The molecule has 6 heteroatoms. The number of nitrogens with one attached hydrogen (secondary N) is 1. The maximum atomic E-state index is 12.0. The molecule has 0 aromatic heterocycles. The van der Waals surface area contributed by atoms with E-state index in [9.17, 15) is 9.59 Å². The van der Waals surface area contributed by atoms with Crippen LogP contribution in [0.25, 0.3) is 0 Å². The largest absolute Gasteiger partial charge is 0.496 e. The number of ether oxygens (including phenoxy) is 2. The zero-order valence-corrected chi connectivity index (χ0v) is 14.2. The fourth-order valence-electron chi connectivity index (χ4n) is 2.29. The monoisotopic (exact) mass is 343 g/mol. The number of carbonyl (C=O) groups excluding carboxylic acids is 1. The summed E-state index contributed by atoms with van der Waals surface area (Å²) in [6.45, 7) is 1.80. The smallest absolute Gasteiger partial charge is 0.303 e. The van der Waals surface area contributed by atoms with E-state index in [2.05, 4.69) is 5.32 Å². The van der Waals surface area contributed by atoms with E-state index in [1.54, 1.807) is 43.5 Å². The molecule has 2 aromatic rings. The number of hydrogen-bond donors (Lipinski definition) is 2. The standard InChI is InChI=1S/C19H21NO5/c1-13-11-16(8-9-17(13)24-2)25-12-18(21)20-15-6-3-14(4-7-15)5-10-19(22)23/h3-4,6-9,11H,5,10,12H2,1-2H3,(H,20,21)(H,22,23). The van der Waals surface area contributed by atoms with Gasteiger partial charge in [-0.2, -0.15) is 0 Å². The van der Waals surface area contributed by atoms with Crippen LogP contribution in [0.3, 0.4) is 0 Å². The first kappa shape index (κ1) is 18.3. The zero-order valence-electron chi connectivity index (χ0n) is 14.2. The van der Waals surface area contributed by atoms with Crippen molar-refractivity contribution in [3.05, 3.63) is 53.6 Å². The molecule has 0 fully saturated rings. The van der Waals surface area contributed by atoms with E-state index >= 15 is 0 Å². The third-order valence-electron chi connectivity index (χ3n) is 3.60. The molecule has 0 heterocycles. The van der Waals surface area contributed by atoms with Gasteiger partial charge in [-0.05, 0) is 54.8 Å². The van der Waals surface area contributed by atoms with Crippen LogP contribution < -0.4 is 14.8 Å². The van der Waals surface area contributed by atoms with Gasteiger partial charge in [-0.1, -0.05) is 12.1 Å².